The van der Waals surface area contributed by atoms with Crippen LogP contribution in [0, 0.1) is 4.91 Å². The van der Waals surface area contributed by atoms with Crippen molar-refractivity contribution in [2.45, 2.75) is 55.2 Å². The molecule has 2 heterocycles. The summed E-state index contributed by atoms with van der Waals surface area (Å²) in [6.45, 7) is -0.646. The second-order valence-electron chi connectivity index (χ2n) is 5.33. The van der Waals surface area contributed by atoms with E-state index in [2.05, 4.69) is 10.7 Å². The van der Waals surface area contributed by atoms with Gasteiger partial charge in [0.1, 0.15) is 36.6 Å². The Hall–Kier alpha value is -1.29. The number of carbonyl (C=O) groups is 1. The molecule has 0 bridgehead atoms. The number of aliphatic carboxylic acids is 1. The number of hydrogen-bond donors (Lipinski definition) is 7. The van der Waals surface area contributed by atoms with Gasteiger partial charge in [-0.25, -0.2) is 4.79 Å². The van der Waals surface area contributed by atoms with E-state index in [1.807, 2.05) is 0 Å². The molecule has 0 aliphatic carbocycles. The normalized spacial score (nSPS) is 46.5. The molecule has 7 N–H and O–H groups in total. The van der Waals surface area contributed by atoms with Crippen molar-refractivity contribution in [3.05, 3.63) is 4.91 Å². The maximum atomic E-state index is 11.0. The van der Waals surface area contributed by atoms with Gasteiger partial charge < -0.3 is 40.1 Å². The second-order valence-corrected chi connectivity index (χ2v) is 5.33. The summed E-state index contributed by atoms with van der Waals surface area (Å²) in [5.41, 5.74) is 2.12. The average molecular weight is 354 g/mol. The van der Waals surface area contributed by atoms with Crippen LogP contribution in [0.4, 0.5) is 0 Å². The Bertz CT molecular complexity index is 465. The molecule has 13 heteroatoms. The highest BCUT2D eigenvalue weighted by Crippen LogP contribution is 2.26. The van der Waals surface area contributed by atoms with Crippen LogP contribution in [-0.4, -0.2) is 98.4 Å². The number of hydrogen-bond acceptors (Lipinski definition) is 12. The van der Waals surface area contributed by atoms with E-state index in [1.165, 1.54) is 0 Å². The first-order valence-corrected chi connectivity index (χ1v) is 6.92. The minimum atomic E-state index is -1.92. The van der Waals surface area contributed by atoms with Crippen molar-refractivity contribution in [2.24, 2.45) is 5.18 Å². The standard InChI is InChI=1S/C11H18N2O11/c14-1-2-3(15)7(9(12-21)13-24-2)22-11-6(18)4(16)5(17)8(23-11)10(19)20/h2-9,11,13-18H,1H2,(H,19,20)/t2?,3-,4?,5-,6?,7?,8?,9?,11+/m0/s1. The summed E-state index contributed by atoms with van der Waals surface area (Å²) < 4.78 is 10.1. The van der Waals surface area contributed by atoms with Crippen molar-refractivity contribution in [3.63, 3.8) is 0 Å². The fourth-order valence-electron chi connectivity index (χ4n) is 2.39. The highest BCUT2D eigenvalue weighted by molar-refractivity contribution is 5.73. The summed E-state index contributed by atoms with van der Waals surface area (Å²) in [7, 11) is 0. The molecule has 6 unspecified atom stereocenters. The van der Waals surface area contributed by atoms with Crippen molar-refractivity contribution in [1.29, 1.82) is 0 Å². The Morgan fingerprint density at radius 2 is 1.79 bits per heavy atom. The molecule has 0 amide bonds. The molecule has 0 saturated carbocycles. The maximum Gasteiger partial charge on any atom is 0.335 e. The third kappa shape index (κ3) is 3.53. The van der Waals surface area contributed by atoms with Gasteiger partial charge in [-0.05, 0) is 5.18 Å². The van der Waals surface area contributed by atoms with Gasteiger partial charge in [-0.3, -0.25) is 4.84 Å². The zero-order valence-electron chi connectivity index (χ0n) is 12.1. The number of carboxylic acids is 1. The van der Waals surface area contributed by atoms with Gasteiger partial charge in [-0.1, -0.05) is 0 Å². The van der Waals surface area contributed by atoms with E-state index in [0.29, 0.717) is 0 Å². The van der Waals surface area contributed by atoms with E-state index < -0.39 is 67.8 Å². The Labute approximate surface area is 134 Å². The SMILES string of the molecule is O=NC1NOC(CO)[C@H](O)C1O[C@@H]1OC(C(=O)O)[C@@H](O)C(O)C1O. The van der Waals surface area contributed by atoms with Crippen LogP contribution in [0.15, 0.2) is 5.18 Å². The number of nitrogens with zero attached hydrogens (tertiary/aromatic N) is 1. The Morgan fingerprint density at radius 1 is 1.12 bits per heavy atom. The lowest BCUT2D eigenvalue weighted by Gasteiger charge is -2.43. The molecule has 9 atom stereocenters. The van der Waals surface area contributed by atoms with E-state index in [9.17, 15) is 30.1 Å². The largest absolute Gasteiger partial charge is 0.479 e. The topological polar surface area (TPSA) is 208 Å². The molecule has 2 saturated heterocycles. The molecule has 0 aromatic rings. The lowest BCUT2D eigenvalue weighted by Crippen LogP contribution is -2.65. The molecular formula is C11H18N2O11. The first kappa shape index (κ1) is 19.0. The Kier molecular flexibility index (Phi) is 6.13. The molecule has 0 radical (unpaired) electrons. The van der Waals surface area contributed by atoms with Crippen LogP contribution in [0.1, 0.15) is 0 Å². The van der Waals surface area contributed by atoms with Crippen molar-refractivity contribution in [1.82, 2.24) is 5.48 Å². The van der Waals surface area contributed by atoms with Gasteiger partial charge in [0.25, 0.3) is 0 Å². The van der Waals surface area contributed by atoms with Gasteiger partial charge in [0, 0.05) is 0 Å². The molecule has 0 spiro atoms. The number of hydroxylamine groups is 1. The lowest BCUT2D eigenvalue weighted by molar-refractivity contribution is -0.327. The van der Waals surface area contributed by atoms with Gasteiger partial charge in [0.2, 0.25) is 0 Å². The summed E-state index contributed by atoms with van der Waals surface area (Å²) in [5, 5.41) is 59.8. The van der Waals surface area contributed by atoms with Crippen LogP contribution in [-0.2, 0) is 19.1 Å². The minimum Gasteiger partial charge on any atom is -0.479 e. The summed E-state index contributed by atoms with van der Waals surface area (Å²) in [5.74, 6) is -1.62. The quantitative estimate of drug-likeness (QED) is 0.234. The molecule has 138 valence electrons. The molecule has 0 aromatic heterocycles. The van der Waals surface area contributed by atoms with E-state index in [1.54, 1.807) is 0 Å². The Morgan fingerprint density at radius 3 is 2.33 bits per heavy atom. The molecule has 24 heavy (non-hydrogen) atoms. The van der Waals surface area contributed by atoms with Crippen molar-refractivity contribution < 1.29 is 49.7 Å². The van der Waals surface area contributed by atoms with Gasteiger partial charge >= 0.3 is 5.97 Å². The Balaban J connectivity index is 2.16. The second kappa shape index (κ2) is 7.73. The molecule has 2 aliphatic rings. The predicted octanol–water partition coefficient (Wildman–Crippen LogP) is -4.39. The first-order chi connectivity index (χ1) is 11.3. The molecule has 2 rings (SSSR count). The number of aliphatic hydroxyl groups is 5. The third-order valence-corrected chi connectivity index (χ3v) is 3.77. The molecule has 2 aliphatic heterocycles. The number of carboxylic acid groups (broad SMARTS) is 1. The number of ether oxygens (including phenoxy) is 2. The van der Waals surface area contributed by atoms with Crippen molar-refractivity contribution in [2.75, 3.05) is 6.61 Å². The third-order valence-electron chi connectivity index (χ3n) is 3.77. The van der Waals surface area contributed by atoms with Crippen LogP contribution in [0.5, 0.6) is 0 Å². The molecule has 2 fully saturated rings. The number of nitrogens with one attached hydrogen (secondary N) is 1. The number of aliphatic hydroxyl groups excluding tert-OH is 5. The van der Waals surface area contributed by atoms with Crippen LogP contribution >= 0.6 is 0 Å². The first-order valence-electron chi connectivity index (χ1n) is 6.92. The van der Waals surface area contributed by atoms with Crippen LogP contribution in [0.25, 0.3) is 0 Å². The number of rotatable bonds is 5. The van der Waals surface area contributed by atoms with Crippen LogP contribution in [0.2, 0.25) is 0 Å². The zero-order valence-corrected chi connectivity index (χ0v) is 12.1. The number of nitroso groups, excluding NO2 is 1. The van der Waals surface area contributed by atoms with Crippen molar-refractivity contribution in [3.8, 4) is 0 Å². The highest BCUT2D eigenvalue weighted by atomic mass is 16.7. The van der Waals surface area contributed by atoms with Gasteiger partial charge in [-0.2, -0.15) is 5.48 Å². The fraction of sp³-hybridized carbons (Fsp3) is 0.909. The summed E-state index contributed by atoms with van der Waals surface area (Å²) in [4.78, 5) is 26.6. The van der Waals surface area contributed by atoms with Crippen LogP contribution < -0.4 is 5.48 Å². The minimum absolute atomic E-state index is 0.646. The lowest BCUT2D eigenvalue weighted by atomic mass is 9.98. The predicted molar refractivity (Wildman–Crippen MR) is 69.9 cm³/mol. The van der Waals surface area contributed by atoms with Crippen molar-refractivity contribution >= 4 is 5.97 Å². The molecule has 13 nitrogen and oxygen atoms in total. The van der Waals surface area contributed by atoms with E-state index >= 15 is 0 Å². The summed E-state index contributed by atoms with van der Waals surface area (Å²) in [6, 6.07) is 0. The fourth-order valence-corrected chi connectivity index (χ4v) is 2.39. The zero-order chi connectivity index (χ0) is 18.0. The highest BCUT2D eigenvalue weighted by Gasteiger charge is 2.50. The van der Waals surface area contributed by atoms with E-state index in [0.717, 1.165) is 0 Å². The van der Waals surface area contributed by atoms with Gasteiger partial charge in [-0.15, -0.1) is 4.91 Å². The van der Waals surface area contributed by atoms with Crippen LogP contribution in [0.3, 0.4) is 0 Å². The van der Waals surface area contributed by atoms with Gasteiger partial charge in [0.15, 0.2) is 18.6 Å². The summed E-state index contributed by atoms with van der Waals surface area (Å²) in [6.07, 6.45) is -15.1. The van der Waals surface area contributed by atoms with Gasteiger partial charge in [0.05, 0.1) is 6.61 Å². The van der Waals surface area contributed by atoms with E-state index in [4.69, 9.17) is 24.5 Å². The average Bonchev–Trinajstić information content (AvgIpc) is 2.56. The summed E-state index contributed by atoms with van der Waals surface area (Å²) >= 11 is 0. The smallest absolute Gasteiger partial charge is 0.335 e. The van der Waals surface area contributed by atoms with E-state index in [-0.39, 0.29) is 0 Å². The molecule has 0 aromatic carbocycles. The maximum absolute atomic E-state index is 11.0. The molecular weight excluding hydrogens is 336 g/mol. The monoisotopic (exact) mass is 354 g/mol.